The van der Waals surface area contributed by atoms with E-state index in [2.05, 4.69) is 10.6 Å². The number of benzene rings is 3. The van der Waals surface area contributed by atoms with Gasteiger partial charge in [-0.25, -0.2) is 0 Å². The normalized spacial score (nSPS) is 11.1. The Kier molecular flexibility index (Phi) is 8.12. The topological polar surface area (TPSA) is 137 Å². The first-order chi connectivity index (χ1) is 16.8. The first kappa shape index (κ1) is 24.9. The molecule has 3 aromatic rings. The summed E-state index contributed by atoms with van der Waals surface area (Å²) in [6.07, 6.45) is -1.30. The number of rotatable bonds is 9. The van der Waals surface area contributed by atoms with Crippen molar-refractivity contribution in [2.45, 2.75) is 13.0 Å². The number of ether oxygens (including phenoxy) is 2. The van der Waals surface area contributed by atoms with Gasteiger partial charge in [-0.2, -0.15) is 0 Å². The number of nitrogens with zero attached hydrogens (tertiary/aromatic N) is 1. The van der Waals surface area contributed by atoms with Gasteiger partial charge in [0.05, 0.1) is 17.7 Å². The molecule has 0 bridgehead atoms. The van der Waals surface area contributed by atoms with E-state index in [1.165, 1.54) is 25.3 Å². The number of carbonyl (C=O) groups is 3. The molecular formula is C25H23N3O7. The monoisotopic (exact) mass is 477 g/mol. The van der Waals surface area contributed by atoms with Crippen LogP contribution in [0.3, 0.4) is 0 Å². The maximum Gasteiger partial charge on any atom is 0.326 e. The lowest BCUT2D eigenvalue weighted by atomic mass is 10.1. The summed E-state index contributed by atoms with van der Waals surface area (Å²) >= 11 is 0. The average molecular weight is 477 g/mol. The van der Waals surface area contributed by atoms with Gasteiger partial charge >= 0.3 is 5.97 Å². The van der Waals surface area contributed by atoms with Gasteiger partial charge in [-0.05, 0) is 30.7 Å². The molecule has 1 unspecified atom stereocenters. The Morgan fingerprint density at radius 3 is 2.43 bits per heavy atom. The number of nitro groups is 1. The maximum atomic E-state index is 13.1. The summed E-state index contributed by atoms with van der Waals surface area (Å²) < 4.78 is 10.7. The van der Waals surface area contributed by atoms with Crippen LogP contribution < -0.4 is 15.4 Å². The number of esters is 1. The predicted octanol–water partition coefficient (Wildman–Crippen LogP) is 3.56. The van der Waals surface area contributed by atoms with Crippen LogP contribution in [-0.2, 0) is 14.3 Å². The summed E-state index contributed by atoms with van der Waals surface area (Å²) in [6, 6.07) is 18.7. The third-order valence-corrected chi connectivity index (χ3v) is 4.92. The third-order valence-electron chi connectivity index (χ3n) is 4.92. The number of amides is 2. The average Bonchev–Trinajstić information content (AvgIpc) is 2.86. The Morgan fingerprint density at radius 2 is 1.74 bits per heavy atom. The van der Waals surface area contributed by atoms with Gasteiger partial charge in [-0.3, -0.25) is 24.5 Å². The minimum absolute atomic E-state index is 0.0101. The standard InChI is InChI=1S/C25H23N3O7/c1-16-11-12-21(34-2)20(13-16)27-25(31)23(17-7-4-3-5-8-17)35-22(29)15-26-24(30)18-9-6-10-19(14-18)28(32)33/h3-14,23H,15H2,1-2H3,(H,26,30)(H,27,31). The Hall–Kier alpha value is -4.73. The minimum atomic E-state index is -1.30. The highest BCUT2D eigenvalue weighted by Gasteiger charge is 2.26. The van der Waals surface area contributed by atoms with Gasteiger partial charge in [-0.15, -0.1) is 0 Å². The van der Waals surface area contributed by atoms with E-state index in [0.717, 1.165) is 11.6 Å². The summed E-state index contributed by atoms with van der Waals surface area (Å²) in [6.45, 7) is 1.31. The fraction of sp³-hybridized carbons (Fsp3) is 0.160. The second-order valence-corrected chi connectivity index (χ2v) is 7.46. The van der Waals surface area contributed by atoms with Gasteiger partial charge in [0.1, 0.15) is 12.3 Å². The Morgan fingerprint density at radius 1 is 1.00 bits per heavy atom. The molecule has 3 rings (SSSR count). The van der Waals surface area contributed by atoms with E-state index in [4.69, 9.17) is 9.47 Å². The Bertz CT molecular complexity index is 1240. The molecule has 0 saturated carbocycles. The molecule has 0 aliphatic heterocycles. The molecule has 3 aromatic carbocycles. The van der Waals surface area contributed by atoms with E-state index < -0.39 is 35.4 Å². The molecule has 0 saturated heterocycles. The Labute approximate surface area is 201 Å². The number of carbonyl (C=O) groups excluding carboxylic acids is 3. The van der Waals surface area contributed by atoms with Crippen molar-refractivity contribution in [1.82, 2.24) is 5.32 Å². The molecule has 0 aliphatic rings. The van der Waals surface area contributed by atoms with Crippen molar-refractivity contribution < 1.29 is 28.8 Å². The van der Waals surface area contributed by atoms with Crippen molar-refractivity contribution in [3.63, 3.8) is 0 Å². The summed E-state index contributed by atoms with van der Waals surface area (Å²) in [5, 5.41) is 16.0. The minimum Gasteiger partial charge on any atom is -0.495 e. The lowest BCUT2D eigenvalue weighted by molar-refractivity contribution is -0.384. The number of hydrogen-bond donors (Lipinski definition) is 2. The van der Waals surface area contributed by atoms with Crippen LogP contribution in [0.1, 0.15) is 27.6 Å². The molecule has 0 aromatic heterocycles. The molecule has 10 heteroatoms. The first-order valence-corrected chi connectivity index (χ1v) is 10.5. The van der Waals surface area contributed by atoms with Gasteiger partial charge in [0, 0.05) is 23.3 Å². The van der Waals surface area contributed by atoms with E-state index in [9.17, 15) is 24.5 Å². The highest BCUT2D eigenvalue weighted by Crippen LogP contribution is 2.27. The predicted molar refractivity (Wildman–Crippen MR) is 127 cm³/mol. The molecule has 180 valence electrons. The zero-order valence-electron chi connectivity index (χ0n) is 19.0. The van der Waals surface area contributed by atoms with Crippen molar-refractivity contribution >= 4 is 29.2 Å². The number of anilines is 1. The van der Waals surface area contributed by atoms with E-state index in [1.807, 2.05) is 13.0 Å². The fourth-order valence-electron chi connectivity index (χ4n) is 3.21. The zero-order chi connectivity index (χ0) is 25.4. The number of hydrogen-bond acceptors (Lipinski definition) is 7. The van der Waals surface area contributed by atoms with Gasteiger partial charge < -0.3 is 20.1 Å². The van der Waals surface area contributed by atoms with Crippen molar-refractivity contribution in [3.8, 4) is 5.75 Å². The van der Waals surface area contributed by atoms with Crippen LogP contribution in [0.15, 0.2) is 72.8 Å². The van der Waals surface area contributed by atoms with Crippen LogP contribution in [0.25, 0.3) is 0 Å². The van der Waals surface area contributed by atoms with Crippen molar-refractivity contribution in [2.75, 3.05) is 19.0 Å². The zero-order valence-corrected chi connectivity index (χ0v) is 19.0. The molecule has 1 atom stereocenters. The van der Waals surface area contributed by atoms with Gasteiger partial charge in [-0.1, -0.05) is 42.5 Å². The number of nitrogens with one attached hydrogen (secondary N) is 2. The number of non-ortho nitro benzene ring substituents is 1. The molecule has 0 radical (unpaired) electrons. The number of nitro benzene ring substituents is 1. The lowest BCUT2D eigenvalue weighted by Gasteiger charge is -2.19. The molecule has 35 heavy (non-hydrogen) atoms. The van der Waals surface area contributed by atoms with Crippen LogP contribution in [0.2, 0.25) is 0 Å². The van der Waals surface area contributed by atoms with Crippen LogP contribution >= 0.6 is 0 Å². The molecule has 2 amide bonds. The van der Waals surface area contributed by atoms with Crippen LogP contribution in [0.5, 0.6) is 5.75 Å². The van der Waals surface area contributed by atoms with E-state index >= 15 is 0 Å². The smallest absolute Gasteiger partial charge is 0.326 e. The van der Waals surface area contributed by atoms with Crippen molar-refractivity contribution in [1.29, 1.82) is 0 Å². The summed E-state index contributed by atoms with van der Waals surface area (Å²) in [7, 11) is 1.47. The van der Waals surface area contributed by atoms with Gasteiger partial charge in [0.15, 0.2) is 0 Å². The van der Waals surface area contributed by atoms with Crippen molar-refractivity contribution in [2.24, 2.45) is 0 Å². The molecule has 10 nitrogen and oxygen atoms in total. The summed E-state index contributed by atoms with van der Waals surface area (Å²) in [4.78, 5) is 48.2. The van der Waals surface area contributed by atoms with E-state index in [1.54, 1.807) is 42.5 Å². The molecule has 0 heterocycles. The largest absolute Gasteiger partial charge is 0.495 e. The maximum absolute atomic E-state index is 13.1. The quantitative estimate of drug-likeness (QED) is 0.273. The molecule has 0 fully saturated rings. The summed E-state index contributed by atoms with van der Waals surface area (Å²) in [5.41, 5.74) is 1.48. The number of aryl methyl sites for hydroxylation is 1. The van der Waals surface area contributed by atoms with E-state index in [-0.39, 0.29) is 11.3 Å². The van der Waals surface area contributed by atoms with Crippen molar-refractivity contribution in [3.05, 3.63) is 99.6 Å². The molecular weight excluding hydrogens is 454 g/mol. The van der Waals surface area contributed by atoms with Crippen LogP contribution in [0.4, 0.5) is 11.4 Å². The first-order valence-electron chi connectivity index (χ1n) is 10.5. The van der Waals surface area contributed by atoms with Crippen LogP contribution in [-0.4, -0.2) is 36.4 Å². The van der Waals surface area contributed by atoms with Gasteiger partial charge in [0.2, 0.25) is 6.10 Å². The second kappa shape index (κ2) is 11.4. The highest BCUT2D eigenvalue weighted by atomic mass is 16.6. The molecule has 0 spiro atoms. The lowest BCUT2D eigenvalue weighted by Crippen LogP contribution is -2.33. The third kappa shape index (κ3) is 6.64. The number of methoxy groups -OCH3 is 1. The molecule has 0 aliphatic carbocycles. The highest BCUT2D eigenvalue weighted by molar-refractivity contribution is 5.98. The molecule has 2 N–H and O–H groups in total. The summed E-state index contributed by atoms with van der Waals surface area (Å²) in [5.74, 6) is -1.75. The SMILES string of the molecule is COc1ccc(C)cc1NC(=O)C(OC(=O)CNC(=O)c1cccc([N+](=O)[O-])c1)c1ccccc1. The second-order valence-electron chi connectivity index (χ2n) is 7.46. The van der Waals surface area contributed by atoms with Crippen LogP contribution in [0, 0.1) is 17.0 Å². The van der Waals surface area contributed by atoms with Gasteiger partial charge in [0.25, 0.3) is 17.5 Å². The van der Waals surface area contributed by atoms with E-state index in [0.29, 0.717) is 17.0 Å². The Balaban J connectivity index is 1.72. The fourth-order valence-corrected chi connectivity index (χ4v) is 3.21.